The van der Waals surface area contributed by atoms with E-state index in [1.54, 1.807) is 0 Å². The molecule has 0 radical (unpaired) electrons. The van der Waals surface area contributed by atoms with Crippen molar-refractivity contribution in [3.8, 4) is 5.75 Å². The number of amides is 2. The molecule has 2 unspecified atom stereocenters. The van der Waals surface area contributed by atoms with E-state index in [4.69, 9.17) is 10.5 Å². The molecule has 32 heavy (non-hydrogen) atoms. The quantitative estimate of drug-likeness (QED) is 0.488. The van der Waals surface area contributed by atoms with Crippen LogP contribution in [0.15, 0.2) is 29.2 Å². The normalized spacial score (nSPS) is 20.2. The van der Waals surface area contributed by atoms with Crippen LogP contribution in [0.4, 0.5) is 8.78 Å². The van der Waals surface area contributed by atoms with Gasteiger partial charge in [-0.05, 0) is 12.5 Å². The van der Waals surface area contributed by atoms with Gasteiger partial charge in [0.1, 0.15) is 22.9 Å². The van der Waals surface area contributed by atoms with Gasteiger partial charge in [-0.25, -0.2) is 8.78 Å². The second kappa shape index (κ2) is 9.05. The van der Waals surface area contributed by atoms with E-state index in [0.29, 0.717) is 25.5 Å². The highest BCUT2D eigenvalue weighted by Gasteiger charge is 2.46. The Balaban J connectivity index is 1.79. The maximum absolute atomic E-state index is 13.7. The van der Waals surface area contributed by atoms with Gasteiger partial charge in [-0.3, -0.25) is 14.4 Å². The number of carbonyl (C=O) groups excluding carboxylic acids is 2. The maximum Gasteiger partial charge on any atom is 0.275 e. The highest BCUT2D eigenvalue weighted by Crippen LogP contribution is 2.30. The minimum Gasteiger partial charge on any atom is -0.503 e. The number of nitrogens with zero attached hydrogens (tertiary/aromatic N) is 1. The molecule has 0 aliphatic carbocycles. The molecule has 0 saturated carbocycles. The number of aromatic amines is 1. The fourth-order valence-corrected chi connectivity index (χ4v) is 3.67. The van der Waals surface area contributed by atoms with Gasteiger partial charge in [-0.2, -0.15) is 0 Å². The zero-order valence-corrected chi connectivity index (χ0v) is 17.6. The topological polar surface area (TPSA) is 138 Å². The van der Waals surface area contributed by atoms with Crippen molar-refractivity contribution in [1.29, 1.82) is 0 Å². The number of H-pyrrole nitrogens is 1. The molecule has 0 bridgehead atoms. The number of aromatic hydroxyl groups is 1. The summed E-state index contributed by atoms with van der Waals surface area (Å²) in [5.74, 6) is -4.23. The number of benzene rings is 1. The molecular formula is C21H24F2N4O5. The Labute approximate surface area is 182 Å². The lowest BCUT2D eigenvalue weighted by atomic mass is 9.98. The van der Waals surface area contributed by atoms with Gasteiger partial charge in [-0.1, -0.05) is 13.0 Å². The van der Waals surface area contributed by atoms with Crippen molar-refractivity contribution in [3.63, 3.8) is 0 Å². The Morgan fingerprint density at radius 1 is 1.41 bits per heavy atom. The Kier molecular flexibility index (Phi) is 6.60. The van der Waals surface area contributed by atoms with Crippen LogP contribution in [-0.2, 0) is 11.3 Å². The third-order valence-corrected chi connectivity index (χ3v) is 5.65. The van der Waals surface area contributed by atoms with Gasteiger partial charge < -0.3 is 30.8 Å². The van der Waals surface area contributed by atoms with Crippen molar-refractivity contribution in [3.05, 3.63) is 63.1 Å². The molecule has 2 amide bonds. The predicted molar refractivity (Wildman–Crippen MR) is 110 cm³/mol. The van der Waals surface area contributed by atoms with E-state index in [9.17, 15) is 28.3 Å². The zero-order valence-electron chi connectivity index (χ0n) is 17.6. The molecule has 9 nitrogen and oxygen atoms in total. The number of nitrogens with two attached hydrogens (primary N) is 1. The van der Waals surface area contributed by atoms with Crippen LogP contribution in [0.2, 0.25) is 0 Å². The van der Waals surface area contributed by atoms with E-state index in [1.807, 2.05) is 6.92 Å². The summed E-state index contributed by atoms with van der Waals surface area (Å²) in [7, 11) is 1.44. The Morgan fingerprint density at radius 3 is 2.78 bits per heavy atom. The minimum absolute atomic E-state index is 0.00586. The number of ether oxygens (including phenoxy) is 1. The van der Waals surface area contributed by atoms with E-state index >= 15 is 0 Å². The van der Waals surface area contributed by atoms with Crippen LogP contribution in [0.1, 0.15) is 46.2 Å². The minimum atomic E-state index is -1.12. The van der Waals surface area contributed by atoms with Crippen molar-refractivity contribution in [1.82, 2.24) is 15.2 Å². The van der Waals surface area contributed by atoms with Crippen LogP contribution < -0.4 is 16.5 Å². The Bertz CT molecular complexity index is 1110. The molecule has 5 N–H and O–H groups in total. The molecule has 1 aromatic carbocycles. The first-order valence-electron chi connectivity index (χ1n) is 9.95. The number of rotatable bonds is 6. The monoisotopic (exact) mass is 450 g/mol. The number of carbonyl (C=O) groups is 2. The average molecular weight is 450 g/mol. The molecule has 1 saturated heterocycles. The number of aromatic nitrogens is 1. The lowest BCUT2D eigenvalue weighted by molar-refractivity contribution is 0.0126. The summed E-state index contributed by atoms with van der Waals surface area (Å²) in [4.78, 5) is 41.5. The van der Waals surface area contributed by atoms with Gasteiger partial charge in [0, 0.05) is 37.8 Å². The lowest BCUT2D eigenvalue weighted by Gasteiger charge is -2.38. The van der Waals surface area contributed by atoms with Crippen LogP contribution in [0, 0.1) is 11.6 Å². The number of hydrogen-bond acceptors (Lipinski definition) is 6. The number of nitrogens with one attached hydrogen (secondary N) is 2. The number of halogens is 2. The molecule has 0 spiro atoms. The third-order valence-electron chi connectivity index (χ3n) is 5.65. The standard InChI is InChI=1S/C21H24F2N4O5/c1-3-15-21(24,6-7-32-15)27(2)20(31)16-18(29)17(28)13(10-25-16)19(30)26-9-11-4-5-12(22)8-14(11)23/h4-5,8,10,15,29H,3,6-7,9,24H2,1-2H3,(H,25,28)(H,26,30). The number of likely N-dealkylation sites (N-methyl/N-ethyl adjacent to an activating group) is 1. The molecule has 2 atom stereocenters. The van der Waals surface area contributed by atoms with Crippen LogP contribution >= 0.6 is 0 Å². The van der Waals surface area contributed by atoms with Crippen molar-refractivity contribution in [2.45, 2.75) is 38.1 Å². The van der Waals surface area contributed by atoms with E-state index in [-0.39, 0.29) is 12.1 Å². The van der Waals surface area contributed by atoms with E-state index in [0.717, 1.165) is 18.3 Å². The van der Waals surface area contributed by atoms with Crippen molar-refractivity contribution >= 4 is 11.8 Å². The molecule has 1 fully saturated rings. The van der Waals surface area contributed by atoms with E-state index in [1.165, 1.54) is 11.9 Å². The second-order valence-electron chi connectivity index (χ2n) is 7.55. The lowest BCUT2D eigenvalue weighted by Crippen LogP contribution is -2.61. The second-order valence-corrected chi connectivity index (χ2v) is 7.55. The van der Waals surface area contributed by atoms with Crippen molar-refractivity contribution in [2.24, 2.45) is 5.73 Å². The number of pyridine rings is 1. The predicted octanol–water partition coefficient (Wildman–Crippen LogP) is 1.21. The molecule has 1 aliphatic rings. The van der Waals surface area contributed by atoms with Gasteiger partial charge in [0.05, 0.1) is 12.7 Å². The van der Waals surface area contributed by atoms with Gasteiger partial charge in [0.15, 0.2) is 11.4 Å². The van der Waals surface area contributed by atoms with E-state index in [2.05, 4.69) is 10.3 Å². The fourth-order valence-electron chi connectivity index (χ4n) is 3.67. The van der Waals surface area contributed by atoms with Gasteiger partial charge in [0.25, 0.3) is 11.8 Å². The first-order chi connectivity index (χ1) is 15.1. The smallest absolute Gasteiger partial charge is 0.275 e. The van der Waals surface area contributed by atoms with Crippen LogP contribution in [0.3, 0.4) is 0 Å². The summed E-state index contributed by atoms with van der Waals surface area (Å²) < 4.78 is 32.3. The Morgan fingerprint density at radius 2 is 2.12 bits per heavy atom. The SMILES string of the molecule is CCC1OCCC1(N)N(C)C(=O)c1[nH]cc(C(=O)NCc2ccc(F)cc2F)c(=O)c1O. The summed E-state index contributed by atoms with van der Waals surface area (Å²) in [5.41, 5.74) is 3.26. The van der Waals surface area contributed by atoms with Crippen molar-refractivity contribution in [2.75, 3.05) is 13.7 Å². The first-order valence-corrected chi connectivity index (χ1v) is 9.95. The maximum atomic E-state index is 13.7. The molecule has 2 heterocycles. The van der Waals surface area contributed by atoms with Crippen LogP contribution in [0.25, 0.3) is 0 Å². The molecule has 3 rings (SSSR count). The van der Waals surface area contributed by atoms with Crippen LogP contribution in [-0.4, -0.2) is 52.2 Å². The van der Waals surface area contributed by atoms with Gasteiger partial charge >= 0.3 is 0 Å². The zero-order chi connectivity index (χ0) is 23.6. The molecular weight excluding hydrogens is 426 g/mol. The first kappa shape index (κ1) is 23.4. The highest BCUT2D eigenvalue weighted by molar-refractivity contribution is 5.98. The Hall–Kier alpha value is -3.31. The average Bonchev–Trinajstić information content (AvgIpc) is 3.15. The summed E-state index contributed by atoms with van der Waals surface area (Å²) in [5, 5.41) is 12.6. The summed E-state index contributed by atoms with van der Waals surface area (Å²) in [6.45, 7) is 1.91. The van der Waals surface area contributed by atoms with Gasteiger partial charge in [-0.15, -0.1) is 0 Å². The van der Waals surface area contributed by atoms with Gasteiger partial charge in [0.2, 0.25) is 5.43 Å². The summed E-state index contributed by atoms with van der Waals surface area (Å²) in [6, 6.07) is 2.85. The largest absolute Gasteiger partial charge is 0.503 e. The molecule has 1 aromatic heterocycles. The molecule has 172 valence electrons. The number of hydrogen-bond donors (Lipinski definition) is 4. The molecule has 11 heteroatoms. The molecule has 2 aromatic rings. The van der Waals surface area contributed by atoms with Crippen molar-refractivity contribution < 1.29 is 28.2 Å². The summed E-state index contributed by atoms with van der Waals surface area (Å²) in [6.07, 6.45) is 1.50. The van der Waals surface area contributed by atoms with Crippen LogP contribution in [0.5, 0.6) is 5.75 Å². The summed E-state index contributed by atoms with van der Waals surface area (Å²) >= 11 is 0. The van der Waals surface area contributed by atoms with E-state index < -0.39 is 57.7 Å². The molecule has 1 aliphatic heterocycles. The highest BCUT2D eigenvalue weighted by atomic mass is 19.1. The third kappa shape index (κ3) is 4.21. The fraction of sp³-hybridized carbons (Fsp3) is 0.381.